The summed E-state index contributed by atoms with van der Waals surface area (Å²) in [7, 11) is 1.64. The standard InChI is InChI=1S/C18H19F3N4S/c1-12-16(26-13(2)25-12)11-24-17(22-3)23-9-5-7-14-6-4-8-15(10-14)18(19,20)21/h4,6,8,10H,9,11H2,1-3H3,(H2,22,23,24). The zero-order valence-electron chi connectivity index (χ0n) is 14.7. The molecule has 1 aromatic carbocycles. The lowest BCUT2D eigenvalue weighted by molar-refractivity contribution is -0.137. The van der Waals surface area contributed by atoms with Crippen molar-refractivity contribution in [2.75, 3.05) is 13.6 Å². The van der Waals surface area contributed by atoms with Crippen LogP contribution in [0.25, 0.3) is 0 Å². The van der Waals surface area contributed by atoms with Crippen LogP contribution in [0.1, 0.15) is 26.7 Å². The SMILES string of the molecule is CN=C(NCC#Cc1cccc(C(F)(F)F)c1)NCc1sc(C)nc1C. The van der Waals surface area contributed by atoms with Gasteiger partial charge in [-0.25, -0.2) is 4.98 Å². The van der Waals surface area contributed by atoms with Crippen LogP contribution < -0.4 is 10.6 Å². The second-order valence-corrected chi connectivity index (χ2v) is 6.69. The van der Waals surface area contributed by atoms with E-state index in [2.05, 4.69) is 32.5 Å². The van der Waals surface area contributed by atoms with Crippen LogP contribution in [0.3, 0.4) is 0 Å². The Balaban J connectivity index is 1.88. The number of nitrogens with zero attached hydrogens (tertiary/aromatic N) is 2. The van der Waals surface area contributed by atoms with Gasteiger partial charge in [-0.05, 0) is 32.0 Å². The van der Waals surface area contributed by atoms with Crippen molar-refractivity contribution in [1.29, 1.82) is 0 Å². The van der Waals surface area contributed by atoms with E-state index in [0.29, 0.717) is 18.1 Å². The van der Waals surface area contributed by atoms with Gasteiger partial charge in [0.25, 0.3) is 0 Å². The van der Waals surface area contributed by atoms with E-state index < -0.39 is 11.7 Å². The number of halogens is 3. The molecule has 0 spiro atoms. The molecule has 138 valence electrons. The van der Waals surface area contributed by atoms with Crippen molar-refractivity contribution in [3.05, 3.63) is 51.0 Å². The Morgan fingerprint density at radius 1 is 1.27 bits per heavy atom. The normalized spacial score (nSPS) is 11.7. The highest BCUT2D eigenvalue weighted by Gasteiger charge is 2.30. The fourth-order valence-electron chi connectivity index (χ4n) is 2.17. The highest BCUT2D eigenvalue weighted by atomic mass is 32.1. The molecule has 1 heterocycles. The molecule has 0 aliphatic rings. The van der Waals surface area contributed by atoms with E-state index in [1.54, 1.807) is 24.5 Å². The Morgan fingerprint density at radius 2 is 2.04 bits per heavy atom. The topological polar surface area (TPSA) is 49.3 Å². The second-order valence-electron chi connectivity index (χ2n) is 5.40. The van der Waals surface area contributed by atoms with Crippen LogP contribution >= 0.6 is 11.3 Å². The fraction of sp³-hybridized carbons (Fsp3) is 0.333. The molecule has 0 aliphatic heterocycles. The number of aromatic nitrogens is 1. The van der Waals surface area contributed by atoms with Crippen molar-refractivity contribution in [3.8, 4) is 11.8 Å². The molecule has 0 radical (unpaired) electrons. The Bertz CT molecular complexity index is 844. The quantitative estimate of drug-likeness (QED) is 0.487. The van der Waals surface area contributed by atoms with Crippen molar-refractivity contribution in [2.45, 2.75) is 26.6 Å². The van der Waals surface area contributed by atoms with Crippen LogP contribution in [-0.4, -0.2) is 24.5 Å². The summed E-state index contributed by atoms with van der Waals surface area (Å²) in [6, 6.07) is 4.96. The van der Waals surface area contributed by atoms with Crippen molar-refractivity contribution < 1.29 is 13.2 Å². The van der Waals surface area contributed by atoms with Crippen LogP contribution in [0, 0.1) is 25.7 Å². The fourth-order valence-corrected chi connectivity index (χ4v) is 3.05. The molecule has 4 nitrogen and oxygen atoms in total. The van der Waals surface area contributed by atoms with E-state index in [9.17, 15) is 13.2 Å². The molecule has 0 aliphatic carbocycles. The third-order valence-corrected chi connectivity index (χ3v) is 4.48. The first-order valence-corrected chi connectivity index (χ1v) is 8.65. The molecule has 1 aromatic heterocycles. The van der Waals surface area contributed by atoms with Gasteiger partial charge >= 0.3 is 6.18 Å². The van der Waals surface area contributed by atoms with Crippen molar-refractivity contribution >= 4 is 17.3 Å². The minimum atomic E-state index is -4.37. The number of benzene rings is 1. The summed E-state index contributed by atoms with van der Waals surface area (Å²) in [6.45, 7) is 4.77. The Hall–Kier alpha value is -2.53. The highest BCUT2D eigenvalue weighted by molar-refractivity contribution is 7.11. The van der Waals surface area contributed by atoms with E-state index in [1.165, 1.54) is 6.07 Å². The van der Waals surface area contributed by atoms with Crippen LogP contribution in [0.5, 0.6) is 0 Å². The molecule has 8 heteroatoms. The van der Waals surface area contributed by atoms with Crippen molar-refractivity contribution in [1.82, 2.24) is 15.6 Å². The monoisotopic (exact) mass is 380 g/mol. The first-order chi connectivity index (χ1) is 12.3. The molecule has 2 aromatic rings. The molecule has 0 atom stereocenters. The van der Waals surface area contributed by atoms with Crippen LogP contribution in [0.4, 0.5) is 13.2 Å². The maximum absolute atomic E-state index is 12.7. The van der Waals surface area contributed by atoms with Crippen molar-refractivity contribution in [3.63, 3.8) is 0 Å². The number of guanidine groups is 1. The van der Waals surface area contributed by atoms with Gasteiger partial charge in [0.1, 0.15) is 0 Å². The van der Waals surface area contributed by atoms with Crippen LogP contribution in [0.2, 0.25) is 0 Å². The molecule has 0 fully saturated rings. The molecule has 0 amide bonds. The van der Waals surface area contributed by atoms with Gasteiger partial charge in [-0.2, -0.15) is 13.2 Å². The van der Waals surface area contributed by atoms with Gasteiger partial charge < -0.3 is 10.6 Å². The molecule has 2 N–H and O–H groups in total. The van der Waals surface area contributed by atoms with Gasteiger partial charge in [-0.1, -0.05) is 17.9 Å². The maximum atomic E-state index is 12.7. The average Bonchev–Trinajstić information content (AvgIpc) is 2.91. The van der Waals surface area contributed by atoms with Crippen LogP contribution in [-0.2, 0) is 12.7 Å². The van der Waals surface area contributed by atoms with Crippen molar-refractivity contribution in [2.24, 2.45) is 4.99 Å². The third-order valence-electron chi connectivity index (χ3n) is 3.41. The number of thiazole rings is 1. The second kappa shape index (κ2) is 8.72. The Morgan fingerprint density at radius 3 is 2.65 bits per heavy atom. The number of alkyl halides is 3. The summed E-state index contributed by atoms with van der Waals surface area (Å²) in [4.78, 5) is 9.58. The molecule has 26 heavy (non-hydrogen) atoms. The zero-order chi connectivity index (χ0) is 19.2. The molecule has 0 saturated heterocycles. The van der Waals surface area contributed by atoms with Gasteiger partial charge in [0.15, 0.2) is 5.96 Å². The summed E-state index contributed by atoms with van der Waals surface area (Å²) in [5.74, 6) is 6.08. The third kappa shape index (κ3) is 5.77. The number of nitrogens with one attached hydrogen (secondary N) is 2. The first-order valence-electron chi connectivity index (χ1n) is 7.83. The van der Waals surface area contributed by atoms with Crippen LogP contribution in [0.15, 0.2) is 29.3 Å². The van der Waals surface area contributed by atoms with Gasteiger partial charge in [-0.3, -0.25) is 4.99 Å². The smallest absolute Gasteiger partial charge is 0.351 e. The number of rotatable bonds is 3. The Labute approximate surface area is 154 Å². The number of hydrogen-bond acceptors (Lipinski definition) is 3. The van der Waals surface area contributed by atoms with Gasteiger partial charge in [0, 0.05) is 17.5 Å². The lowest BCUT2D eigenvalue weighted by Gasteiger charge is -2.09. The summed E-state index contributed by atoms with van der Waals surface area (Å²) in [5.41, 5.74) is 0.602. The Kier molecular flexibility index (Phi) is 6.64. The summed E-state index contributed by atoms with van der Waals surface area (Å²) < 4.78 is 38.0. The predicted octanol–water partition coefficient (Wildman–Crippen LogP) is 3.50. The predicted molar refractivity (Wildman–Crippen MR) is 98.1 cm³/mol. The minimum Gasteiger partial charge on any atom is -0.351 e. The zero-order valence-corrected chi connectivity index (χ0v) is 15.5. The van der Waals surface area contributed by atoms with E-state index in [-0.39, 0.29) is 6.54 Å². The van der Waals surface area contributed by atoms with E-state index >= 15 is 0 Å². The van der Waals surface area contributed by atoms with E-state index in [0.717, 1.165) is 27.7 Å². The first kappa shape index (κ1) is 19.8. The molecular formula is C18H19F3N4S. The van der Waals surface area contributed by atoms with Gasteiger partial charge in [0.2, 0.25) is 0 Å². The van der Waals surface area contributed by atoms with E-state index in [4.69, 9.17) is 0 Å². The molecular weight excluding hydrogens is 361 g/mol. The average molecular weight is 380 g/mol. The summed E-state index contributed by atoms with van der Waals surface area (Å²) >= 11 is 1.62. The number of hydrogen-bond donors (Lipinski definition) is 2. The lowest BCUT2D eigenvalue weighted by atomic mass is 10.1. The van der Waals surface area contributed by atoms with Gasteiger partial charge in [-0.15, -0.1) is 11.3 Å². The minimum absolute atomic E-state index is 0.261. The molecule has 0 saturated carbocycles. The summed E-state index contributed by atoms with van der Waals surface area (Å²) in [5, 5.41) is 7.18. The molecule has 0 unspecified atom stereocenters. The number of aryl methyl sites for hydroxylation is 2. The number of aliphatic imine (C=N–C) groups is 1. The maximum Gasteiger partial charge on any atom is 0.416 e. The molecule has 0 bridgehead atoms. The lowest BCUT2D eigenvalue weighted by Crippen LogP contribution is -2.36. The summed E-state index contributed by atoms with van der Waals surface area (Å²) in [6.07, 6.45) is -4.37. The molecule has 2 rings (SSSR count). The largest absolute Gasteiger partial charge is 0.416 e. The van der Waals surface area contributed by atoms with E-state index in [1.807, 2.05) is 13.8 Å². The van der Waals surface area contributed by atoms with Gasteiger partial charge in [0.05, 0.1) is 29.4 Å². The highest BCUT2D eigenvalue weighted by Crippen LogP contribution is 2.29.